The molecule has 2 amide bonds. The lowest BCUT2D eigenvalue weighted by Gasteiger charge is -2.26. The van der Waals surface area contributed by atoms with Crippen molar-refractivity contribution in [3.05, 3.63) is 83.9 Å². The molecular weight excluding hydrogens is 424 g/mol. The van der Waals surface area contributed by atoms with Crippen LogP contribution in [0.5, 0.6) is 0 Å². The Labute approximate surface area is 190 Å². The number of benzene rings is 3. The molecule has 0 saturated carbocycles. The zero-order chi connectivity index (χ0) is 22.7. The van der Waals surface area contributed by atoms with Gasteiger partial charge < -0.3 is 9.64 Å². The maximum absolute atomic E-state index is 13.5. The van der Waals surface area contributed by atoms with Gasteiger partial charge in [-0.25, -0.2) is 4.79 Å². The van der Waals surface area contributed by atoms with Gasteiger partial charge in [0.25, 0.3) is 5.91 Å². The molecule has 0 fully saturated rings. The number of carbonyl (C=O) groups is 3. The highest BCUT2D eigenvalue weighted by molar-refractivity contribution is 7.99. The Balaban J connectivity index is 1.75. The highest BCUT2D eigenvalue weighted by atomic mass is 32.2. The first-order valence-corrected chi connectivity index (χ1v) is 11.0. The number of fused-ring (bicyclic) bond motifs is 2. The van der Waals surface area contributed by atoms with E-state index < -0.39 is 5.97 Å². The van der Waals surface area contributed by atoms with Crippen LogP contribution in [0.3, 0.4) is 0 Å². The molecule has 0 N–H and O–H groups in total. The molecule has 1 aliphatic rings. The number of para-hydroxylation sites is 1. The van der Waals surface area contributed by atoms with E-state index in [1.165, 1.54) is 21.6 Å². The van der Waals surface area contributed by atoms with E-state index in [1.807, 2.05) is 42.5 Å². The van der Waals surface area contributed by atoms with Crippen molar-refractivity contribution in [1.82, 2.24) is 0 Å². The zero-order valence-electron chi connectivity index (χ0n) is 17.8. The second-order valence-corrected chi connectivity index (χ2v) is 8.26. The van der Waals surface area contributed by atoms with Gasteiger partial charge in [-0.3, -0.25) is 14.5 Å². The summed E-state index contributed by atoms with van der Waals surface area (Å²) in [6.07, 6.45) is 0. The molecule has 6 nitrogen and oxygen atoms in total. The standard InChI is InChI=1S/C25H22N2O4S/c1-3-31-25(30)17-13-14-22-20(15-17)27(24(29)19-11-7-8-12-21(19)32-22)16-23(28)26(2)18-9-5-4-6-10-18/h4-15H,3,16H2,1-2H3. The average Bonchev–Trinajstić information content (AvgIpc) is 2.93. The monoisotopic (exact) mass is 446 g/mol. The Morgan fingerprint density at radius 2 is 1.69 bits per heavy atom. The fraction of sp³-hybridized carbons (Fsp3) is 0.160. The van der Waals surface area contributed by atoms with E-state index in [0.717, 1.165) is 15.5 Å². The fourth-order valence-electron chi connectivity index (χ4n) is 3.46. The topological polar surface area (TPSA) is 66.9 Å². The average molecular weight is 447 g/mol. The minimum absolute atomic E-state index is 0.168. The number of ether oxygens (including phenoxy) is 1. The van der Waals surface area contributed by atoms with E-state index in [0.29, 0.717) is 16.8 Å². The summed E-state index contributed by atoms with van der Waals surface area (Å²) in [6.45, 7) is 1.82. The molecule has 0 spiro atoms. The quantitative estimate of drug-likeness (QED) is 0.534. The van der Waals surface area contributed by atoms with Gasteiger partial charge in [-0.15, -0.1) is 0 Å². The summed E-state index contributed by atoms with van der Waals surface area (Å²) in [7, 11) is 1.68. The second kappa shape index (κ2) is 9.28. The minimum Gasteiger partial charge on any atom is -0.462 e. The lowest BCUT2D eigenvalue weighted by molar-refractivity contribution is -0.117. The van der Waals surface area contributed by atoms with Crippen molar-refractivity contribution in [3.63, 3.8) is 0 Å². The van der Waals surface area contributed by atoms with Crippen LogP contribution < -0.4 is 9.80 Å². The second-order valence-electron chi connectivity index (χ2n) is 7.18. The summed E-state index contributed by atoms with van der Waals surface area (Å²) in [4.78, 5) is 43.6. The minimum atomic E-state index is -0.470. The number of nitrogens with zero attached hydrogens (tertiary/aromatic N) is 2. The summed E-state index contributed by atoms with van der Waals surface area (Å²) in [5.41, 5.74) is 2.09. The van der Waals surface area contributed by atoms with Gasteiger partial charge in [-0.05, 0) is 49.4 Å². The van der Waals surface area contributed by atoms with Crippen LogP contribution in [0.1, 0.15) is 27.6 Å². The van der Waals surface area contributed by atoms with Crippen molar-refractivity contribution in [3.8, 4) is 0 Å². The van der Waals surface area contributed by atoms with E-state index in [9.17, 15) is 14.4 Å². The van der Waals surface area contributed by atoms with Crippen molar-refractivity contribution in [2.75, 3.05) is 30.0 Å². The number of carbonyl (C=O) groups excluding carboxylic acids is 3. The van der Waals surface area contributed by atoms with Crippen LogP contribution in [0.15, 0.2) is 82.6 Å². The lowest BCUT2D eigenvalue weighted by Crippen LogP contribution is -2.42. The SMILES string of the molecule is CCOC(=O)c1ccc2c(c1)N(CC(=O)N(C)c1ccccc1)C(=O)c1ccccc1S2. The van der Waals surface area contributed by atoms with Gasteiger partial charge in [0.15, 0.2) is 0 Å². The molecule has 1 aliphatic heterocycles. The smallest absolute Gasteiger partial charge is 0.338 e. The van der Waals surface area contributed by atoms with Gasteiger partial charge >= 0.3 is 5.97 Å². The van der Waals surface area contributed by atoms with Gasteiger partial charge in [0.1, 0.15) is 6.54 Å². The van der Waals surface area contributed by atoms with Crippen molar-refractivity contribution in [1.29, 1.82) is 0 Å². The van der Waals surface area contributed by atoms with Crippen LogP contribution in [-0.2, 0) is 9.53 Å². The summed E-state index contributed by atoms with van der Waals surface area (Å²) < 4.78 is 5.13. The Hall–Kier alpha value is -3.58. The predicted molar refractivity (Wildman–Crippen MR) is 124 cm³/mol. The molecular formula is C25H22N2O4S. The molecule has 0 saturated heterocycles. The van der Waals surface area contributed by atoms with Gasteiger partial charge in [-0.1, -0.05) is 42.1 Å². The third-order valence-electron chi connectivity index (χ3n) is 5.15. The first kappa shape index (κ1) is 21.6. The number of hydrogen-bond acceptors (Lipinski definition) is 5. The van der Waals surface area contributed by atoms with E-state index in [4.69, 9.17) is 4.74 Å². The summed E-state index contributed by atoms with van der Waals surface area (Å²) >= 11 is 1.44. The first-order valence-electron chi connectivity index (χ1n) is 10.2. The summed E-state index contributed by atoms with van der Waals surface area (Å²) in [6, 6.07) is 21.6. The fourth-order valence-corrected chi connectivity index (χ4v) is 4.51. The van der Waals surface area contributed by atoms with Gasteiger partial charge in [0, 0.05) is 22.5 Å². The van der Waals surface area contributed by atoms with E-state index in [2.05, 4.69) is 0 Å². The Bertz CT molecular complexity index is 1180. The molecule has 0 radical (unpaired) electrons. The van der Waals surface area contributed by atoms with E-state index in [1.54, 1.807) is 44.3 Å². The number of likely N-dealkylation sites (N-methyl/N-ethyl adjacent to an activating group) is 1. The molecule has 3 aromatic carbocycles. The molecule has 0 unspecified atom stereocenters. The van der Waals surface area contributed by atoms with Gasteiger partial charge in [0.05, 0.1) is 23.4 Å². The maximum Gasteiger partial charge on any atom is 0.338 e. The third kappa shape index (κ3) is 4.24. The largest absolute Gasteiger partial charge is 0.462 e. The molecule has 3 aromatic rings. The maximum atomic E-state index is 13.5. The summed E-state index contributed by atoms with van der Waals surface area (Å²) in [5.74, 6) is -1.01. The number of anilines is 2. The number of rotatable bonds is 5. The normalized spacial score (nSPS) is 12.4. The van der Waals surface area contributed by atoms with Crippen molar-refractivity contribution < 1.29 is 19.1 Å². The number of hydrogen-bond donors (Lipinski definition) is 0. The Kier molecular flexibility index (Phi) is 6.28. The van der Waals surface area contributed by atoms with Crippen molar-refractivity contribution in [2.24, 2.45) is 0 Å². The Morgan fingerprint density at radius 3 is 2.44 bits per heavy atom. The molecule has 32 heavy (non-hydrogen) atoms. The van der Waals surface area contributed by atoms with Crippen LogP contribution in [-0.4, -0.2) is 38.0 Å². The lowest BCUT2D eigenvalue weighted by atomic mass is 10.1. The molecule has 0 atom stereocenters. The molecule has 0 bridgehead atoms. The van der Waals surface area contributed by atoms with Crippen LogP contribution in [0.25, 0.3) is 0 Å². The van der Waals surface area contributed by atoms with Crippen LogP contribution in [0.4, 0.5) is 11.4 Å². The number of amides is 2. The molecule has 7 heteroatoms. The third-order valence-corrected chi connectivity index (χ3v) is 6.30. The van der Waals surface area contributed by atoms with Crippen LogP contribution in [0.2, 0.25) is 0 Å². The van der Waals surface area contributed by atoms with Gasteiger partial charge in [-0.2, -0.15) is 0 Å². The van der Waals surface area contributed by atoms with Crippen molar-refractivity contribution in [2.45, 2.75) is 16.7 Å². The zero-order valence-corrected chi connectivity index (χ0v) is 18.6. The van der Waals surface area contributed by atoms with Gasteiger partial charge in [0.2, 0.25) is 5.91 Å². The van der Waals surface area contributed by atoms with E-state index >= 15 is 0 Å². The van der Waals surface area contributed by atoms with Crippen LogP contribution in [0, 0.1) is 0 Å². The molecule has 1 heterocycles. The predicted octanol–water partition coefficient (Wildman–Crippen LogP) is 4.64. The Morgan fingerprint density at radius 1 is 0.969 bits per heavy atom. The molecule has 0 aromatic heterocycles. The first-order chi connectivity index (χ1) is 15.5. The highest BCUT2D eigenvalue weighted by Gasteiger charge is 2.30. The van der Waals surface area contributed by atoms with Crippen LogP contribution >= 0.6 is 11.8 Å². The highest BCUT2D eigenvalue weighted by Crippen LogP contribution is 2.41. The van der Waals surface area contributed by atoms with E-state index in [-0.39, 0.29) is 25.0 Å². The molecule has 4 rings (SSSR count). The molecule has 0 aliphatic carbocycles. The molecule has 162 valence electrons. The number of esters is 1. The summed E-state index contributed by atoms with van der Waals surface area (Å²) in [5, 5.41) is 0. The van der Waals surface area contributed by atoms with Crippen molar-refractivity contribution >= 4 is 40.9 Å².